The molecule has 0 radical (unpaired) electrons. The molecule has 2 unspecified atom stereocenters. The third-order valence-corrected chi connectivity index (χ3v) is 7.48. The lowest BCUT2D eigenvalue weighted by Gasteiger charge is -2.38. The largest absolute Gasteiger partial charge is 0.472 e. The van der Waals surface area contributed by atoms with Gasteiger partial charge in [0, 0.05) is 6.54 Å². The van der Waals surface area contributed by atoms with Crippen LogP contribution in [0.2, 0.25) is 0 Å². The molecule has 1 aromatic carbocycles. The van der Waals surface area contributed by atoms with Crippen LogP contribution in [0.25, 0.3) is 0 Å². The SMILES string of the molecule is CC(C)CCC(N1CCCC(c2ccoc2)C1)S(=O)(=O)c1ccccc1. The smallest absolute Gasteiger partial charge is 0.194 e. The molecule has 1 aliphatic rings. The fourth-order valence-electron chi connectivity index (χ4n) is 3.82. The summed E-state index contributed by atoms with van der Waals surface area (Å²) in [6, 6.07) is 10.9. The Balaban J connectivity index is 1.85. The maximum Gasteiger partial charge on any atom is 0.194 e. The molecule has 2 heterocycles. The quantitative estimate of drug-likeness (QED) is 0.704. The number of hydrogen-bond acceptors (Lipinski definition) is 4. The number of benzene rings is 1. The minimum atomic E-state index is -3.39. The van der Waals surface area contributed by atoms with Crippen LogP contribution >= 0.6 is 0 Å². The Morgan fingerprint density at radius 1 is 1.15 bits per heavy atom. The van der Waals surface area contributed by atoms with E-state index in [4.69, 9.17) is 4.42 Å². The molecule has 2 aromatic rings. The number of likely N-dealkylation sites (tertiary alicyclic amines) is 1. The van der Waals surface area contributed by atoms with Crippen molar-refractivity contribution in [2.24, 2.45) is 5.92 Å². The van der Waals surface area contributed by atoms with Crippen LogP contribution in [0.3, 0.4) is 0 Å². The number of sulfone groups is 1. The molecule has 0 spiro atoms. The van der Waals surface area contributed by atoms with Crippen molar-refractivity contribution in [3.8, 4) is 0 Å². The second kappa shape index (κ2) is 8.40. The molecule has 0 N–H and O–H groups in total. The summed E-state index contributed by atoms with van der Waals surface area (Å²) in [7, 11) is -3.39. The third kappa shape index (κ3) is 4.38. The number of rotatable bonds is 7. The van der Waals surface area contributed by atoms with Crippen LogP contribution in [0.1, 0.15) is 51.0 Å². The maximum absolute atomic E-state index is 13.4. The van der Waals surface area contributed by atoms with Crippen molar-refractivity contribution in [2.75, 3.05) is 13.1 Å². The van der Waals surface area contributed by atoms with Gasteiger partial charge < -0.3 is 4.42 Å². The van der Waals surface area contributed by atoms with Gasteiger partial charge in [-0.05, 0) is 67.8 Å². The molecule has 1 aliphatic heterocycles. The van der Waals surface area contributed by atoms with Crippen molar-refractivity contribution >= 4 is 9.84 Å². The maximum atomic E-state index is 13.4. The molecular formula is C21H29NO3S. The second-order valence-electron chi connectivity index (χ2n) is 7.67. The van der Waals surface area contributed by atoms with Crippen LogP contribution in [-0.4, -0.2) is 31.8 Å². The summed E-state index contributed by atoms with van der Waals surface area (Å²) >= 11 is 0. The van der Waals surface area contributed by atoms with E-state index in [0.717, 1.165) is 32.4 Å². The molecule has 3 rings (SSSR count). The van der Waals surface area contributed by atoms with Gasteiger partial charge in [0.25, 0.3) is 0 Å². The average molecular weight is 376 g/mol. The van der Waals surface area contributed by atoms with Crippen molar-refractivity contribution in [3.05, 3.63) is 54.5 Å². The van der Waals surface area contributed by atoms with Gasteiger partial charge in [-0.3, -0.25) is 4.90 Å². The summed E-state index contributed by atoms with van der Waals surface area (Å²) in [4.78, 5) is 2.62. The first-order chi connectivity index (χ1) is 12.5. The Kier molecular flexibility index (Phi) is 6.20. The highest BCUT2D eigenvalue weighted by Gasteiger charge is 2.35. The molecule has 0 bridgehead atoms. The van der Waals surface area contributed by atoms with Gasteiger partial charge in [-0.25, -0.2) is 8.42 Å². The van der Waals surface area contributed by atoms with Crippen molar-refractivity contribution in [1.82, 2.24) is 4.90 Å². The molecule has 0 amide bonds. The van der Waals surface area contributed by atoms with Gasteiger partial charge in [0.05, 0.1) is 17.4 Å². The molecule has 4 nitrogen and oxygen atoms in total. The topological polar surface area (TPSA) is 50.5 Å². The second-order valence-corrected chi connectivity index (χ2v) is 9.78. The highest BCUT2D eigenvalue weighted by molar-refractivity contribution is 7.92. The Morgan fingerprint density at radius 2 is 1.92 bits per heavy atom. The molecule has 5 heteroatoms. The summed E-state index contributed by atoms with van der Waals surface area (Å²) in [6.07, 6.45) is 7.17. The van der Waals surface area contributed by atoms with E-state index in [2.05, 4.69) is 18.7 Å². The highest BCUT2D eigenvalue weighted by atomic mass is 32.2. The Bertz CT molecular complexity index is 769. The first-order valence-electron chi connectivity index (χ1n) is 9.53. The minimum Gasteiger partial charge on any atom is -0.472 e. The van der Waals surface area contributed by atoms with E-state index in [-0.39, 0.29) is 0 Å². The van der Waals surface area contributed by atoms with E-state index in [0.29, 0.717) is 23.2 Å². The summed E-state index contributed by atoms with van der Waals surface area (Å²) in [5, 5.41) is -0.456. The fraction of sp³-hybridized carbons (Fsp3) is 0.524. The van der Waals surface area contributed by atoms with Crippen molar-refractivity contribution in [2.45, 2.75) is 55.7 Å². The van der Waals surface area contributed by atoms with Crippen LogP contribution < -0.4 is 0 Å². The molecule has 0 saturated carbocycles. The van der Waals surface area contributed by atoms with Gasteiger partial charge in [-0.15, -0.1) is 0 Å². The molecule has 0 aliphatic carbocycles. The molecular weight excluding hydrogens is 346 g/mol. The van der Waals surface area contributed by atoms with Crippen LogP contribution in [0.4, 0.5) is 0 Å². The van der Waals surface area contributed by atoms with E-state index in [9.17, 15) is 8.42 Å². The van der Waals surface area contributed by atoms with E-state index >= 15 is 0 Å². The normalized spacial score (nSPS) is 20.3. The molecule has 142 valence electrons. The fourth-order valence-corrected chi connectivity index (χ4v) is 5.71. The number of piperidine rings is 1. The summed E-state index contributed by atoms with van der Waals surface area (Å²) in [5.41, 5.74) is 1.18. The highest BCUT2D eigenvalue weighted by Crippen LogP contribution is 2.32. The van der Waals surface area contributed by atoms with Gasteiger partial charge in [-0.2, -0.15) is 0 Å². The van der Waals surface area contributed by atoms with Crippen LogP contribution in [-0.2, 0) is 9.84 Å². The van der Waals surface area contributed by atoms with Gasteiger partial charge in [-0.1, -0.05) is 32.0 Å². The molecule has 2 atom stereocenters. The van der Waals surface area contributed by atoms with Gasteiger partial charge in [0.2, 0.25) is 0 Å². The first kappa shape index (κ1) is 19.2. The number of nitrogens with zero attached hydrogens (tertiary/aromatic N) is 1. The molecule has 26 heavy (non-hydrogen) atoms. The zero-order valence-electron chi connectivity index (χ0n) is 15.7. The van der Waals surface area contributed by atoms with E-state index < -0.39 is 15.2 Å². The van der Waals surface area contributed by atoms with E-state index in [1.165, 1.54) is 5.56 Å². The van der Waals surface area contributed by atoms with Crippen LogP contribution in [0.15, 0.2) is 58.2 Å². The van der Waals surface area contributed by atoms with Crippen LogP contribution in [0, 0.1) is 5.92 Å². The predicted molar refractivity (Wildman–Crippen MR) is 104 cm³/mol. The Hall–Kier alpha value is -1.59. The van der Waals surface area contributed by atoms with Crippen molar-refractivity contribution in [1.29, 1.82) is 0 Å². The summed E-state index contributed by atoms with van der Waals surface area (Å²) < 4.78 is 32.0. The zero-order chi connectivity index (χ0) is 18.6. The van der Waals surface area contributed by atoms with Gasteiger partial charge in [0.1, 0.15) is 5.37 Å². The lowest BCUT2D eigenvalue weighted by Crippen LogP contribution is -2.46. The molecule has 1 aromatic heterocycles. The average Bonchev–Trinajstić information content (AvgIpc) is 3.17. The molecule has 1 fully saturated rings. The Labute approximate surface area is 157 Å². The van der Waals surface area contributed by atoms with Crippen molar-refractivity contribution < 1.29 is 12.8 Å². The number of hydrogen-bond donors (Lipinski definition) is 0. The summed E-state index contributed by atoms with van der Waals surface area (Å²) in [6.45, 7) is 5.91. The first-order valence-corrected chi connectivity index (χ1v) is 11.1. The summed E-state index contributed by atoms with van der Waals surface area (Å²) in [5.74, 6) is 0.827. The standard InChI is InChI=1S/C21H29NO3S/c1-17(2)10-11-21(26(23,24)20-8-4-3-5-9-20)22-13-6-7-18(15-22)19-12-14-25-16-19/h3-5,8-9,12,14,16-18,21H,6-7,10-11,13,15H2,1-2H3. The van der Waals surface area contributed by atoms with E-state index in [1.807, 2.05) is 12.1 Å². The number of furan rings is 1. The Morgan fingerprint density at radius 3 is 2.58 bits per heavy atom. The third-order valence-electron chi connectivity index (χ3n) is 5.30. The zero-order valence-corrected chi connectivity index (χ0v) is 16.5. The van der Waals surface area contributed by atoms with Crippen LogP contribution in [0.5, 0.6) is 0 Å². The van der Waals surface area contributed by atoms with E-state index in [1.54, 1.807) is 36.8 Å². The van der Waals surface area contributed by atoms with Gasteiger partial charge in [0.15, 0.2) is 9.84 Å². The van der Waals surface area contributed by atoms with Gasteiger partial charge >= 0.3 is 0 Å². The predicted octanol–water partition coefficient (Wildman–Crippen LogP) is 4.70. The lowest BCUT2D eigenvalue weighted by molar-refractivity contribution is 0.177. The van der Waals surface area contributed by atoms with Crippen molar-refractivity contribution in [3.63, 3.8) is 0 Å². The lowest BCUT2D eigenvalue weighted by atomic mass is 9.92. The molecule has 1 saturated heterocycles. The monoisotopic (exact) mass is 375 g/mol. The minimum absolute atomic E-state index is 0.343.